The van der Waals surface area contributed by atoms with E-state index in [1.165, 1.54) is 11.1 Å². The fourth-order valence-corrected chi connectivity index (χ4v) is 4.89. The highest BCUT2D eigenvalue weighted by atomic mass is 16.3. The number of aryl methyl sites for hydroxylation is 3. The number of benzene rings is 2. The molecule has 0 spiro atoms. The molecule has 0 radical (unpaired) electrons. The maximum Gasteiger partial charge on any atom is 0.224 e. The van der Waals surface area contributed by atoms with Crippen molar-refractivity contribution < 1.29 is 9.90 Å². The van der Waals surface area contributed by atoms with Gasteiger partial charge in [0.05, 0.1) is 12.5 Å². The summed E-state index contributed by atoms with van der Waals surface area (Å²) < 4.78 is 2.10. The van der Waals surface area contributed by atoms with E-state index in [0.717, 1.165) is 47.6 Å². The van der Waals surface area contributed by atoms with Crippen LogP contribution in [0.3, 0.4) is 0 Å². The molecule has 0 fully saturated rings. The van der Waals surface area contributed by atoms with Crippen LogP contribution in [0.2, 0.25) is 0 Å². The van der Waals surface area contributed by atoms with Crippen molar-refractivity contribution in [2.45, 2.75) is 58.6 Å². The highest BCUT2D eigenvalue weighted by Gasteiger charge is 2.13. The summed E-state index contributed by atoms with van der Waals surface area (Å²) in [5.41, 5.74) is 6.53. The molecule has 0 unspecified atom stereocenters. The van der Waals surface area contributed by atoms with Crippen molar-refractivity contribution in [1.82, 2.24) is 20.2 Å². The molecule has 4 aromatic rings. The number of aromatic nitrogens is 2. The molecule has 39 heavy (non-hydrogen) atoms. The van der Waals surface area contributed by atoms with Crippen LogP contribution in [0.15, 0.2) is 85.1 Å². The van der Waals surface area contributed by atoms with E-state index in [9.17, 15) is 9.90 Å². The molecule has 0 aliphatic rings. The Balaban J connectivity index is 1.20. The van der Waals surface area contributed by atoms with Crippen LogP contribution in [0.5, 0.6) is 0 Å². The number of carbonyl (C=O) groups excluding carboxylic acids is 1. The molecule has 2 aromatic carbocycles. The Morgan fingerprint density at radius 3 is 2.36 bits per heavy atom. The van der Waals surface area contributed by atoms with Gasteiger partial charge in [-0.25, -0.2) is 4.98 Å². The Hall–Kier alpha value is -3.74. The number of aliphatic hydroxyl groups is 1. The van der Waals surface area contributed by atoms with Crippen LogP contribution in [0, 0.1) is 13.8 Å². The summed E-state index contributed by atoms with van der Waals surface area (Å²) in [7, 11) is 0. The third-order valence-corrected chi connectivity index (χ3v) is 7.02. The van der Waals surface area contributed by atoms with Crippen molar-refractivity contribution in [3.63, 3.8) is 0 Å². The molecule has 204 valence electrons. The van der Waals surface area contributed by atoms with Crippen molar-refractivity contribution in [1.29, 1.82) is 0 Å². The number of rotatable bonds is 13. The van der Waals surface area contributed by atoms with Crippen LogP contribution in [0.25, 0.3) is 5.82 Å². The normalized spacial score (nSPS) is 12.7. The van der Waals surface area contributed by atoms with Gasteiger partial charge in [0.1, 0.15) is 5.82 Å². The number of nitrogens with one attached hydrogen (secondary N) is 2. The van der Waals surface area contributed by atoms with E-state index in [2.05, 4.69) is 77.4 Å². The van der Waals surface area contributed by atoms with Crippen LogP contribution in [0.1, 0.15) is 53.1 Å². The molecule has 6 heteroatoms. The summed E-state index contributed by atoms with van der Waals surface area (Å²) >= 11 is 0. The van der Waals surface area contributed by atoms with Crippen molar-refractivity contribution in [3.8, 4) is 5.82 Å². The van der Waals surface area contributed by atoms with Gasteiger partial charge in [-0.1, -0.05) is 60.7 Å². The molecular weight excluding hydrogens is 484 g/mol. The molecule has 1 amide bonds. The van der Waals surface area contributed by atoms with E-state index >= 15 is 0 Å². The highest BCUT2D eigenvalue weighted by molar-refractivity contribution is 5.78. The predicted octanol–water partition coefficient (Wildman–Crippen LogP) is 5.03. The number of aliphatic hydroxyl groups excluding tert-OH is 1. The van der Waals surface area contributed by atoms with Crippen molar-refractivity contribution in [2.24, 2.45) is 0 Å². The lowest BCUT2D eigenvalue weighted by molar-refractivity contribution is -0.120. The zero-order chi connectivity index (χ0) is 27.6. The average Bonchev–Trinajstić information content (AvgIpc) is 3.28. The van der Waals surface area contributed by atoms with Gasteiger partial charge in [0.2, 0.25) is 5.91 Å². The Morgan fingerprint density at radius 2 is 1.64 bits per heavy atom. The maximum absolute atomic E-state index is 12.4. The van der Waals surface area contributed by atoms with Gasteiger partial charge in [0.15, 0.2) is 0 Å². The molecule has 2 heterocycles. The van der Waals surface area contributed by atoms with Gasteiger partial charge in [-0.05, 0) is 74.9 Å². The van der Waals surface area contributed by atoms with E-state index in [4.69, 9.17) is 0 Å². The second-order valence-electron chi connectivity index (χ2n) is 10.4. The summed E-state index contributed by atoms with van der Waals surface area (Å²) in [5.74, 6) is 0.907. The zero-order valence-corrected chi connectivity index (χ0v) is 23.2. The van der Waals surface area contributed by atoms with Crippen LogP contribution in [-0.2, 0) is 24.1 Å². The molecule has 0 bridgehead atoms. The molecule has 0 saturated heterocycles. The third-order valence-electron chi connectivity index (χ3n) is 7.02. The lowest BCUT2D eigenvalue weighted by Crippen LogP contribution is -2.32. The molecule has 2 aromatic heterocycles. The first-order valence-corrected chi connectivity index (χ1v) is 13.8. The van der Waals surface area contributed by atoms with Gasteiger partial charge in [-0.15, -0.1) is 0 Å². The fourth-order valence-electron chi connectivity index (χ4n) is 4.89. The number of nitrogens with zero attached hydrogens (tertiary/aromatic N) is 2. The molecule has 0 aliphatic carbocycles. The summed E-state index contributed by atoms with van der Waals surface area (Å²) in [6, 6.07) is 26.7. The number of amides is 1. The van der Waals surface area contributed by atoms with Crippen LogP contribution in [-0.4, -0.2) is 39.7 Å². The Labute approximate surface area is 232 Å². The van der Waals surface area contributed by atoms with Crippen LogP contribution in [0.4, 0.5) is 0 Å². The number of carbonyl (C=O) groups is 1. The first kappa shape index (κ1) is 28.3. The molecule has 0 aliphatic heterocycles. The SMILES string of the molecule is Cc1ccc(C)n1-c1ccc([C@H](O)CN[C@H](C)Cc2cccc(CC(=O)NCCCc3ccccc3)c2)cn1. The van der Waals surface area contributed by atoms with E-state index in [-0.39, 0.29) is 11.9 Å². The van der Waals surface area contributed by atoms with Gasteiger partial charge in [0.25, 0.3) is 0 Å². The van der Waals surface area contributed by atoms with Crippen molar-refractivity contribution >= 4 is 5.91 Å². The smallest absolute Gasteiger partial charge is 0.224 e. The first-order valence-electron chi connectivity index (χ1n) is 13.8. The summed E-state index contributed by atoms with van der Waals surface area (Å²) in [6.07, 6.45) is 4.19. The summed E-state index contributed by atoms with van der Waals surface area (Å²) in [4.78, 5) is 17.0. The Bertz CT molecular complexity index is 1310. The molecule has 3 N–H and O–H groups in total. The number of pyridine rings is 1. The predicted molar refractivity (Wildman–Crippen MR) is 157 cm³/mol. The summed E-state index contributed by atoms with van der Waals surface area (Å²) in [5, 5.41) is 17.2. The molecular formula is C33H40N4O2. The van der Waals surface area contributed by atoms with Crippen molar-refractivity contribution in [3.05, 3.63) is 119 Å². The number of hydrogen-bond acceptors (Lipinski definition) is 4. The van der Waals surface area contributed by atoms with Gasteiger partial charge in [0, 0.05) is 42.3 Å². The fraction of sp³-hybridized carbons (Fsp3) is 0.333. The van der Waals surface area contributed by atoms with E-state index in [1.54, 1.807) is 6.20 Å². The minimum Gasteiger partial charge on any atom is -0.387 e. The molecule has 0 saturated carbocycles. The molecule has 6 nitrogen and oxygen atoms in total. The van der Waals surface area contributed by atoms with Crippen LogP contribution < -0.4 is 10.6 Å². The van der Waals surface area contributed by atoms with Crippen LogP contribution >= 0.6 is 0 Å². The maximum atomic E-state index is 12.4. The Morgan fingerprint density at radius 1 is 0.923 bits per heavy atom. The highest BCUT2D eigenvalue weighted by Crippen LogP contribution is 2.17. The van der Waals surface area contributed by atoms with E-state index in [1.807, 2.05) is 42.5 Å². The summed E-state index contributed by atoms with van der Waals surface area (Å²) in [6.45, 7) is 7.34. The third kappa shape index (κ3) is 8.37. The first-order chi connectivity index (χ1) is 18.9. The lowest BCUT2D eigenvalue weighted by atomic mass is 10.0. The van der Waals surface area contributed by atoms with Gasteiger partial charge in [-0.2, -0.15) is 0 Å². The minimum atomic E-state index is -0.641. The van der Waals surface area contributed by atoms with E-state index < -0.39 is 6.10 Å². The minimum absolute atomic E-state index is 0.0521. The Kier molecular flexibility index (Phi) is 10.1. The molecule has 4 rings (SSSR count). The zero-order valence-electron chi connectivity index (χ0n) is 23.2. The lowest BCUT2D eigenvalue weighted by Gasteiger charge is -2.18. The van der Waals surface area contributed by atoms with Crippen molar-refractivity contribution in [2.75, 3.05) is 13.1 Å². The number of hydrogen-bond donors (Lipinski definition) is 3. The monoisotopic (exact) mass is 524 g/mol. The van der Waals surface area contributed by atoms with E-state index in [0.29, 0.717) is 19.5 Å². The largest absolute Gasteiger partial charge is 0.387 e. The topological polar surface area (TPSA) is 79.2 Å². The quantitative estimate of drug-likeness (QED) is 0.214. The van der Waals surface area contributed by atoms with Gasteiger partial charge in [-0.3, -0.25) is 4.79 Å². The van der Waals surface area contributed by atoms with Gasteiger partial charge < -0.3 is 20.3 Å². The second-order valence-corrected chi connectivity index (χ2v) is 10.4. The molecule has 2 atom stereocenters. The standard InChI is InChI=1S/C33H40N4O2/c1-24(35-23-31(38)30-16-17-32(36-22-30)37-25(2)14-15-26(37)3)19-28-11-7-12-29(20-28)21-33(39)34-18-8-13-27-9-5-4-6-10-27/h4-7,9-12,14-17,20,22,24,31,35,38H,8,13,18-19,21,23H2,1-3H3,(H,34,39)/t24-,31-/m1/s1. The average molecular weight is 525 g/mol. The van der Waals surface area contributed by atoms with Gasteiger partial charge >= 0.3 is 0 Å². The second kappa shape index (κ2) is 13.9.